The summed E-state index contributed by atoms with van der Waals surface area (Å²) in [4.78, 5) is 90.6. The number of fused-ring (bicyclic) bond motifs is 1. The number of aliphatic hydroxyl groups excluding tert-OH is 1. The number of benzene rings is 2. The van der Waals surface area contributed by atoms with Gasteiger partial charge in [0.25, 0.3) is 11.8 Å². The van der Waals surface area contributed by atoms with Crippen LogP contribution in [0.25, 0.3) is 0 Å². The first-order valence-corrected chi connectivity index (χ1v) is 19.4. The summed E-state index contributed by atoms with van der Waals surface area (Å²) in [5.74, 6) is -4.98. The smallest absolute Gasteiger partial charge is 0.407 e. The number of carbonyl (C=O) groups is 7. The minimum atomic E-state index is -2.04. The molecule has 0 aliphatic carbocycles. The number of imide groups is 1. The van der Waals surface area contributed by atoms with Crippen LogP contribution in [-0.2, 0) is 68.4 Å². The Balaban J connectivity index is 1.50. The summed E-state index contributed by atoms with van der Waals surface area (Å²) in [5, 5.41) is 14.2. The molecule has 0 unspecified atom stereocenters. The summed E-state index contributed by atoms with van der Waals surface area (Å²) in [5.41, 5.74) is 0.766. The molecule has 3 aliphatic heterocycles. The van der Waals surface area contributed by atoms with E-state index in [9.17, 15) is 38.7 Å². The van der Waals surface area contributed by atoms with Crippen LogP contribution >= 0.6 is 34.8 Å². The van der Waals surface area contributed by atoms with E-state index >= 15 is 0 Å². The van der Waals surface area contributed by atoms with Gasteiger partial charge in [0.15, 0.2) is 30.9 Å². The summed E-state index contributed by atoms with van der Waals surface area (Å²) in [6, 6.07) is 11.6. The van der Waals surface area contributed by atoms with Gasteiger partial charge in [0.2, 0.25) is 3.79 Å². The van der Waals surface area contributed by atoms with Crippen LogP contribution < -0.4 is 5.32 Å². The number of rotatable bonds is 14. The van der Waals surface area contributed by atoms with Gasteiger partial charge in [-0.05, 0) is 17.7 Å². The normalized spacial score (nSPS) is 27.6. The lowest BCUT2D eigenvalue weighted by molar-refractivity contribution is -0.311. The Morgan fingerprint density at radius 3 is 1.82 bits per heavy atom. The van der Waals surface area contributed by atoms with E-state index in [0.29, 0.717) is 5.56 Å². The van der Waals surface area contributed by atoms with Gasteiger partial charge in [0.05, 0.1) is 24.3 Å². The monoisotopic (exact) mass is 902 g/mol. The Morgan fingerprint density at radius 1 is 0.700 bits per heavy atom. The van der Waals surface area contributed by atoms with Crippen LogP contribution in [0.3, 0.4) is 0 Å². The third kappa shape index (κ3) is 11.8. The van der Waals surface area contributed by atoms with Crippen LogP contribution in [0.4, 0.5) is 4.79 Å². The number of ether oxygens (including phenoxy) is 9. The second-order valence-corrected chi connectivity index (χ2v) is 16.1. The fourth-order valence-corrected chi connectivity index (χ4v) is 6.89. The SMILES string of the molecule is CC(=O)OC[C@H]1O[C@@H](OC[C@H]2O[C@@H](OCc3ccccc3)[C@H](N3C(=O)c4ccccc4C3=O)[C@@H](OC(C)=O)[C@@H]2O)[C@H](NC(=O)OCC(Cl)(Cl)Cl)[C@@H](OC(C)=O)[C@@H]1OC(C)=O. The molecule has 3 heterocycles. The lowest BCUT2D eigenvalue weighted by Crippen LogP contribution is -2.68. The van der Waals surface area contributed by atoms with E-state index in [0.717, 1.165) is 32.6 Å². The van der Waals surface area contributed by atoms with Gasteiger partial charge in [-0.15, -0.1) is 0 Å². The molecule has 10 atom stereocenters. The highest BCUT2D eigenvalue weighted by Gasteiger charge is 2.57. The number of amides is 3. The van der Waals surface area contributed by atoms with E-state index in [2.05, 4.69) is 5.32 Å². The van der Waals surface area contributed by atoms with Gasteiger partial charge in [-0.25, -0.2) is 4.79 Å². The topological polar surface area (TPSA) is 238 Å². The predicted molar refractivity (Wildman–Crippen MR) is 203 cm³/mol. The highest BCUT2D eigenvalue weighted by molar-refractivity contribution is 6.67. The molecule has 0 bridgehead atoms. The Morgan fingerprint density at radius 2 is 1.25 bits per heavy atom. The summed E-state index contributed by atoms with van der Waals surface area (Å²) in [7, 11) is 0. The zero-order valence-electron chi connectivity index (χ0n) is 32.4. The molecule has 0 aromatic heterocycles. The lowest BCUT2D eigenvalue weighted by atomic mass is 9.94. The molecule has 2 aromatic carbocycles. The largest absolute Gasteiger partial charge is 0.463 e. The predicted octanol–water partition coefficient (Wildman–Crippen LogP) is 2.52. The van der Waals surface area contributed by atoms with Crippen molar-refractivity contribution in [1.82, 2.24) is 10.2 Å². The Labute approximate surface area is 357 Å². The number of nitrogens with zero attached hydrogens (tertiary/aromatic N) is 1. The zero-order chi connectivity index (χ0) is 43.9. The molecule has 3 aliphatic rings. The lowest BCUT2D eigenvalue weighted by Gasteiger charge is -2.47. The van der Waals surface area contributed by atoms with Crippen molar-refractivity contribution in [3.05, 3.63) is 71.3 Å². The molecule has 2 N–H and O–H groups in total. The fraction of sp³-hybridized carbons (Fsp3) is 0.500. The maximum Gasteiger partial charge on any atom is 0.407 e. The van der Waals surface area contributed by atoms with E-state index in [1.54, 1.807) is 42.5 Å². The molecule has 5 rings (SSSR count). The van der Waals surface area contributed by atoms with Crippen LogP contribution in [-0.4, -0.2) is 137 Å². The maximum atomic E-state index is 13.8. The highest BCUT2D eigenvalue weighted by Crippen LogP contribution is 2.36. The number of carbonyl (C=O) groups excluding carboxylic acids is 7. The van der Waals surface area contributed by atoms with E-state index in [-0.39, 0.29) is 17.7 Å². The number of hydrogen-bond donors (Lipinski definition) is 2. The zero-order valence-corrected chi connectivity index (χ0v) is 34.6. The van der Waals surface area contributed by atoms with Crippen LogP contribution in [0.5, 0.6) is 0 Å². The minimum absolute atomic E-state index is 0.0591. The van der Waals surface area contributed by atoms with Gasteiger partial charge in [0, 0.05) is 27.7 Å². The first kappa shape index (κ1) is 46.5. The van der Waals surface area contributed by atoms with Crippen LogP contribution in [0.2, 0.25) is 0 Å². The molecule has 3 amide bonds. The van der Waals surface area contributed by atoms with Gasteiger partial charge < -0.3 is 53.1 Å². The number of halogens is 3. The second kappa shape index (κ2) is 20.3. The van der Waals surface area contributed by atoms with Crippen molar-refractivity contribution >= 4 is 76.6 Å². The average molecular weight is 904 g/mol. The molecule has 60 heavy (non-hydrogen) atoms. The molecule has 0 radical (unpaired) electrons. The quantitative estimate of drug-likeness (QED) is 0.120. The van der Waals surface area contributed by atoms with Crippen molar-refractivity contribution in [1.29, 1.82) is 0 Å². The minimum Gasteiger partial charge on any atom is -0.463 e. The van der Waals surface area contributed by atoms with Gasteiger partial charge in [-0.1, -0.05) is 77.3 Å². The number of alkyl halides is 3. The summed E-state index contributed by atoms with van der Waals surface area (Å²) in [6.07, 6.45) is -14.2. The molecule has 0 saturated carbocycles. The van der Waals surface area contributed by atoms with Gasteiger partial charge in [-0.2, -0.15) is 0 Å². The molecule has 326 valence electrons. The van der Waals surface area contributed by atoms with E-state index in [1.165, 1.54) is 12.1 Å². The third-order valence-corrected chi connectivity index (χ3v) is 9.43. The molecule has 2 aromatic rings. The standard InChI is InChI=1S/C38H41Cl3N2O17/c1-18(44)52-16-26-30(56-19(2)45)31(57-20(3)46)27(42-37(51)55-17-38(39,40)41)35(60-26)54-15-25-29(48)32(58-21(4)47)28(36(59-25)53-14-22-10-6-5-7-11-22)43-33(49)23-12-8-9-13-24(23)34(43)50/h5-13,25-32,35-36,48H,14-17H2,1-4H3,(H,42,51)/t25-,26-,27-,28-,29-,30-,31-,32-,35-,36-/m1/s1. The van der Waals surface area contributed by atoms with Crippen molar-refractivity contribution in [2.24, 2.45) is 0 Å². The first-order chi connectivity index (χ1) is 28.3. The molecule has 2 saturated heterocycles. The van der Waals surface area contributed by atoms with Crippen molar-refractivity contribution in [2.45, 2.75) is 99.4 Å². The van der Waals surface area contributed by atoms with Crippen molar-refractivity contribution < 1.29 is 81.3 Å². The van der Waals surface area contributed by atoms with Crippen molar-refractivity contribution in [3.8, 4) is 0 Å². The molecule has 22 heteroatoms. The number of alkyl carbamates (subject to hydrolysis) is 1. The highest BCUT2D eigenvalue weighted by atomic mass is 35.6. The molecule has 2 fully saturated rings. The van der Waals surface area contributed by atoms with E-state index in [4.69, 9.17) is 77.4 Å². The van der Waals surface area contributed by atoms with Gasteiger partial charge >= 0.3 is 30.0 Å². The van der Waals surface area contributed by atoms with Crippen LogP contribution in [0, 0.1) is 0 Å². The van der Waals surface area contributed by atoms with Gasteiger partial charge in [-0.3, -0.25) is 33.7 Å². The first-order valence-electron chi connectivity index (χ1n) is 18.2. The third-order valence-electron chi connectivity index (χ3n) is 9.10. The van der Waals surface area contributed by atoms with E-state index in [1.807, 2.05) is 0 Å². The Hall–Kier alpha value is -4.60. The number of aliphatic hydroxyl groups is 1. The Kier molecular flexibility index (Phi) is 15.7. The number of hydrogen-bond acceptors (Lipinski definition) is 17. The average Bonchev–Trinajstić information content (AvgIpc) is 3.42. The van der Waals surface area contributed by atoms with Gasteiger partial charge in [0.1, 0.15) is 43.6 Å². The second-order valence-electron chi connectivity index (χ2n) is 13.6. The summed E-state index contributed by atoms with van der Waals surface area (Å²) < 4.78 is 49.2. The van der Waals surface area contributed by atoms with Crippen molar-refractivity contribution in [2.75, 3.05) is 19.8 Å². The molecular weight excluding hydrogens is 863 g/mol. The number of nitrogens with one attached hydrogen (secondary N) is 1. The van der Waals surface area contributed by atoms with Crippen LogP contribution in [0.15, 0.2) is 54.6 Å². The maximum absolute atomic E-state index is 13.8. The molecule has 0 spiro atoms. The Bertz CT molecular complexity index is 1880. The van der Waals surface area contributed by atoms with Crippen LogP contribution in [0.1, 0.15) is 54.0 Å². The summed E-state index contributed by atoms with van der Waals surface area (Å²) in [6.45, 7) is 2.05. The molecule has 19 nitrogen and oxygen atoms in total. The number of esters is 4. The van der Waals surface area contributed by atoms with E-state index < -0.39 is 127 Å². The fourth-order valence-electron chi connectivity index (χ4n) is 6.72. The summed E-state index contributed by atoms with van der Waals surface area (Å²) >= 11 is 17.2. The van der Waals surface area contributed by atoms with Crippen molar-refractivity contribution in [3.63, 3.8) is 0 Å². The molecular formula is C38H41Cl3N2O17.